The maximum absolute atomic E-state index is 12.0. The fraction of sp³-hybridized carbons (Fsp3) is 0.692. The smallest absolute Gasteiger partial charge is 0.265 e. The number of nitrogens with two attached hydrogens (primary N) is 1. The van der Waals surface area contributed by atoms with Crippen LogP contribution < -0.4 is 21.7 Å². The van der Waals surface area contributed by atoms with Gasteiger partial charge in [-0.1, -0.05) is 32.1 Å². The van der Waals surface area contributed by atoms with Gasteiger partial charge < -0.3 is 21.7 Å². The summed E-state index contributed by atoms with van der Waals surface area (Å²) in [5.41, 5.74) is 5.79. The molecule has 0 radical (unpaired) electrons. The van der Waals surface area contributed by atoms with Crippen molar-refractivity contribution in [3.63, 3.8) is 0 Å². The molecule has 0 saturated heterocycles. The third-order valence-electron chi connectivity index (χ3n) is 2.59. The van der Waals surface area contributed by atoms with Crippen LogP contribution in [0.5, 0.6) is 0 Å². The van der Waals surface area contributed by atoms with Gasteiger partial charge in [0.15, 0.2) is 5.13 Å². The summed E-state index contributed by atoms with van der Waals surface area (Å²) in [5, 5.41) is 9.95. The maximum atomic E-state index is 12.0. The molecular weight excluding hydrogens is 274 g/mol. The Hall–Kier alpha value is -1.34. The van der Waals surface area contributed by atoms with E-state index < -0.39 is 0 Å². The zero-order chi connectivity index (χ0) is 15.0. The standard InChI is InChI=1S/C13H25N5OS/c1-4-15-6-5-7-16-12(19)10-11(14)18-13(20-10)17-8-9(2)3/h9,15H,4-8,14H2,1-3H3,(H,16,19)(H,17,18). The van der Waals surface area contributed by atoms with Crippen molar-refractivity contribution in [3.8, 4) is 0 Å². The van der Waals surface area contributed by atoms with E-state index in [0.29, 0.717) is 28.3 Å². The number of nitrogens with one attached hydrogen (secondary N) is 3. The maximum Gasteiger partial charge on any atom is 0.265 e. The van der Waals surface area contributed by atoms with E-state index in [1.54, 1.807) is 0 Å². The lowest BCUT2D eigenvalue weighted by atomic mass is 10.2. The highest BCUT2D eigenvalue weighted by Gasteiger charge is 2.15. The average molecular weight is 299 g/mol. The van der Waals surface area contributed by atoms with Gasteiger partial charge in [-0.25, -0.2) is 4.98 Å². The van der Waals surface area contributed by atoms with E-state index in [1.807, 2.05) is 0 Å². The Morgan fingerprint density at radius 2 is 2.15 bits per heavy atom. The number of amides is 1. The molecule has 0 atom stereocenters. The molecule has 1 aromatic rings. The van der Waals surface area contributed by atoms with Crippen molar-refractivity contribution in [2.24, 2.45) is 5.92 Å². The SMILES string of the molecule is CCNCCCNC(=O)c1sc(NCC(C)C)nc1N. The molecule has 5 N–H and O–H groups in total. The van der Waals surface area contributed by atoms with Crippen LogP contribution in [0.1, 0.15) is 36.9 Å². The number of nitrogen functional groups attached to an aromatic ring is 1. The van der Waals surface area contributed by atoms with Crippen molar-refractivity contribution in [1.82, 2.24) is 15.6 Å². The molecule has 1 aromatic heterocycles. The lowest BCUT2D eigenvalue weighted by Crippen LogP contribution is -2.27. The summed E-state index contributed by atoms with van der Waals surface area (Å²) >= 11 is 1.30. The van der Waals surface area contributed by atoms with Crippen LogP contribution in [-0.4, -0.2) is 37.1 Å². The first-order valence-corrected chi connectivity index (χ1v) is 7.85. The molecule has 6 nitrogen and oxygen atoms in total. The van der Waals surface area contributed by atoms with E-state index in [0.717, 1.165) is 26.1 Å². The van der Waals surface area contributed by atoms with Gasteiger partial charge in [-0.05, 0) is 25.4 Å². The van der Waals surface area contributed by atoms with Gasteiger partial charge >= 0.3 is 0 Å². The number of aromatic nitrogens is 1. The lowest BCUT2D eigenvalue weighted by Gasteiger charge is -2.04. The Labute approximate surface area is 124 Å². The highest BCUT2D eigenvalue weighted by Crippen LogP contribution is 2.24. The van der Waals surface area contributed by atoms with Crippen molar-refractivity contribution < 1.29 is 4.79 Å². The van der Waals surface area contributed by atoms with E-state index in [9.17, 15) is 4.79 Å². The van der Waals surface area contributed by atoms with Crippen molar-refractivity contribution >= 4 is 28.2 Å². The minimum atomic E-state index is -0.144. The number of hydrogen-bond acceptors (Lipinski definition) is 6. The second-order valence-electron chi connectivity index (χ2n) is 4.97. The largest absolute Gasteiger partial charge is 0.382 e. The highest BCUT2D eigenvalue weighted by molar-refractivity contribution is 7.18. The van der Waals surface area contributed by atoms with Crippen molar-refractivity contribution in [1.29, 1.82) is 0 Å². The molecule has 0 aliphatic heterocycles. The average Bonchev–Trinajstić information content (AvgIpc) is 2.77. The number of hydrogen-bond donors (Lipinski definition) is 4. The molecule has 0 bridgehead atoms. The molecule has 0 saturated carbocycles. The molecule has 0 unspecified atom stereocenters. The van der Waals surface area contributed by atoms with Crippen LogP contribution in [0.2, 0.25) is 0 Å². The van der Waals surface area contributed by atoms with Crippen LogP contribution in [-0.2, 0) is 0 Å². The van der Waals surface area contributed by atoms with Gasteiger partial charge in [0.25, 0.3) is 5.91 Å². The van der Waals surface area contributed by atoms with Crippen molar-refractivity contribution in [3.05, 3.63) is 4.88 Å². The normalized spacial score (nSPS) is 10.8. The van der Waals surface area contributed by atoms with Gasteiger partial charge in [-0.3, -0.25) is 4.79 Å². The zero-order valence-electron chi connectivity index (χ0n) is 12.5. The first-order valence-electron chi connectivity index (χ1n) is 7.03. The van der Waals surface area contributed by atoms with Crippen LogP contribution in [0.15, 0.2) is 0 Å². The number of carbonyl (C=O) groups excluding carboxylic acids is 1. The number of carbonyl (C=O) groups is 1. The second-order valence-corrected chi connectivity index (χ2v) is 5.97. The molecule has 1 heterocycles. The minimum Gasteiger partial charge on any atom is -0.382 e. The third kappa shape index (κ3) is 5.75. The molecule has 20 heavy (non-hydrogen) atoms. The molecule has 114 valence electrons. The second kappa shape index (κ2) is 8.76. The fourth-order valence-electron chi connectivity index (χ4n) is 1.53. The lowest BCUT2D eigenvalue weighted by molar-refractivity contribution is 0.0958. The Morgan fingerprint density at radius 3 is 2.80 bits per heavy atom. The van der Waals surface area contributed by atoms with Crippen molar-refractivity contribution in [2.75, 3.05) is 37.2 Å². The van der Waals surface area contributed by atoms with Crippen LogP contribution in [0.25, 0.3) is 0 Å². The van der Waals surface area contributed by atoms with E-state index in [1.165, 1.54) is 11.3 Å². The van der Waals surface area contributed by atoms with E-state index >= 15 is 0 Å². The topological polar surface area (TPSA) is 92.1 Å². The zero-order valence-corrected chi connectivity index (χ0v) is 13.3. The van der Waals surface area contributed by atoms with Crippen LogP contribution in [0.4, 0.5) is 10.9 Å². The Bertz CT molecular complexity index is 419. The van der Waals surface area contributed by atoms with Gasteiger partial charge in [-0.15, -0.1) is 0 Å². The number of thiazole rings is 1. The van der Waals surface area contributed by atoms with Crippen LogP contribution in [0, 0.1) is 5.92 Å². The molecule has 1 rings (SSSR count). The Kier molecular flexibility index (Phi) is 7.32. The fourth-order valence-corrected chi connectivity index (χ4v) is 2.34. The summed E-state index contributed by atoms with van der Waals surface area (Å²) in [7, 11) is 0. The molecule has 0 aliphatic rings. The summed E-state index contributed by atoms with van der Waals surface area (Å²) in [6.07, 6.45) is 0.900. The van der Waals surface area contributed by atoms with Gasteiger partial charge in [0.05, 0.1) is 0 Å². The van der Waals surface area contributed by atoms with Crippen LogP contribution >= 0.6 is 11.3 Å². The molecule has 0 aromatic carbocycles. The molecule has 0 spiro atoms. The molecular formula is C13H25N5OS. The summed E-state index contributed by atoms with van der Waals surface area (Å²) < 4.78 is 0. The van der Waals surface area contributed by atoms with Gasteiger partial charge in [-0.2, -0.15) is 0 Å². The first-order chi connectivity index (χ1) is 9.54. The first kappa shape index (κ1) is 16.7. The monoisotopic (exact) mass is 299 g/mol. The molecule has 0 fully saturated rings. The Balaban J connectivity index is 2.43. The van der Waals surface area contributed by atoms with E-state index in [4.69, 9.17) is 5.73 Å². The molecule has 7 heteroatoms. The third-order valence-corrected chi connectivity index (χ3v) is 3.61. The van der Waals surface area contributed by atoms with E-state index in [-0.39, 0.29) is 5.91 Å². The van der Waals surface area contributed by atoms with Gasteiger partial charge in [0, 0.05) is 13.1 Å². The van der Waals surface area contributed by atoms with Crippen molar-refractivity contribution in [2.45, 2.75) is 27.2 Å². The van der Waals surface area contributed by atoms with E-state index in [2.05, 4.69) is 41.7 Å². The summed E-state index contributed by atoms with van der Waals surface area (Å²) in [6.45, 7) is 9.58. The van der Waals surface area contributed by atoms with Gasteiger partial charge in [0.1, 0.15) is 10.7 Å². The number of nitrogens with zero attached hydrogens (tertiary/aromatic N) is 1. The minimum absolute atomic E-state index is 0.144. The predicted molar refractivity (Wildman–Crippen MR) is 85.3 cm³/mol. The number of anilines is 2. The van der Waals surface area contributed by atoms with Gasteiger partial charge in [0.2, 0.25) is 0 Å². The number of rotatable bonds is 9. The quantitative estimate of drug-likeness (QED) is 0.519. The highest BCUT2D eigenvalue weighted by atomic mass is 32.1. The molecule has 1 amide bonds. The summed E-state index contributed by atoms with van der Waals surface area (Å²) in [4.78, 5) is 16.6. The Morgan fingerprint density at radius 1 is 1.40 bits per heavy atom. The summed E-state index contributed by atoms with van der Waals surface area (Å²) in [5.74, 6) is 0.669. The molecule has 0 aliphatic carbocycles. The van der Waals surface area contributed by atoms with Crippen LogP contribution in [0.3, 0.4) is 0 Å². The summed E-state index contributed by atoms with van der Waals surface area (Å²) in [6, 6.07) is 0. The predicted octanol–water partition coefficient (Wildman–Crippen LogP) is 1.52.